The number of rotatable bonds is 8. The van der Waals surface area contributed by atoms with E-state index in [2.05, 4.69) is 14.9 Å². The van der Waals surface area contributed by atoms with E-state index in [0.29, 0.717) is 18.7 Å². The molecule has 160 valence electrons. The molecular formula is C23H26N6O2. The van der Waals surface area contributed by atoms with Gasteiger partial charge in [-0.3, -0.25) is 4.98 Å². The van der Waals surface area contributed by atoms with Crippen LogP contribution in [-0.2, 0) is 13.0 Å². The zero-order valence-electron chi connectivity index (χ0n) is 17.5. The topological polar surface area (TPSA) is 121 Å². The van der Waals surface area contributed by atoms with Crippen molar-refractivity contribution in [1.29, 1.82) is 0 Å². The number of nitrogens with zero attached hydrogens (tertiary/aromatic N) is 3. The van der Waals surface area contributed by atoms with Crippen LogP contribution in [0.25, 0.3) is 21.9 Å². The first-order chi connectivity index (χ1) is 15.1. The van der Waals surface area contributed by atoms with Gasteiger partial charge >= 0.3 is 6.03 Å². The summed E-state index contributed by atoms with van der Waals surface area (Å²) >= 11 is 0. The lowest BCUT2D eigenvalue weighted by Gasteiger charge is -2.11. The molecule has 0 atom stereocenters. The number of urea groups is 1. The highest BCUT2D eigenvalue weighted by molar-refractivity contribution is 6.07. The molecule has 0 spiro atoms. The van der Waals surface area contributed by atoms with Crippen LogP contribution in [0.15, 0.2) is 48.7 Å². The van der Waals surface area contributed by atoms with E-state index in [0.717, 1.165) is 58.5 Å². The number of pyridine rings is 1. The first-order valence-electron chi connectivity index (χ1n) is 10.3. The van der Waals surface area contributed by atoms with Crippen LogP contribution in [0.4, 0.5) is 10.5 Å². The van der Waals surface area contributed by atoms with Gasteiger partial charge in [0.15, 0.2) is 0 Å². The van der Waals surface area contributed by atoms with Gasteiger partial charge in [-0.25, -0.2) is 9.78 Å². The third-order valence-corrected chi connectivity index (χ3v) is 5.32. The molecule has 2 amide bonds. The summed E-state index contributed by atoms with van der Waals surface area (Å²) in [5.41, 5.74) is 15.9. The second-order valence-electron chi connectivity index (χ2n) is 7.44. The molecule has 0 aliphatic rings. The molecule has 0 saturated carbocycles. The van der Waals surface area contributed by atoms with Crippen molar-refractivity contribution in [3.63, 3.8) is 0 Å². The van der Waals surface area contributed by atoms with E-state index in [9.17, 15) is 4.79 Å². The number of benzene rings is 2. The van der Waals surface area contributed by atoms with Crippen LogP contribution < -0.4 is 21.5 Å². The fourth-order valence-corrected chi connectivity index (χ4v) is 3.82. The van der Waals surface area contributed by atoms with Gasteiger partial charge in [-0.2, -0.15) is 0 Å². The second kappa shape index (κ2) is 8.91. The van der Waals surface area contributed by atoms with Crippen molar-refractivity contribution in [1.82, 2.24) is 19.9 Å². The van der Waals surface area contributed by atoms with E-state index in [1.54, 1.807) is 13.3 Å². The zero-order valence-corrected chi connectivity index (χ0v) is 17.5. The average molecular weight is 419 g/mol. The molecule has 31 heavy (non-hydrogen) atoms. The van der Waals surface area contributed by atoms with Crippen LogP contribution >= 0.6 is 0 Å². The molecule has 2 aromatic carbocycles. The molecule has 4 aromatic rings. The summed E-state index contributed by atoms with van der Waals surface area (Å²) in [4.78, 5) is 20.4. The maximum Gasteiger partial charge on any atom is 0.312 e. The van der Waals surface area contributed by atoms with Gasteiger partial charge in [0, 0.05) is 31.1 Å². The van der Waals surface area contributed by atoms with E-state index in [-0.39, 0.29) is 0 Å². The van der Waals surface area contributed by atoms with Crippen LogP contribution in [0.5, 0.6) is 5.75 Å². The first kappa shape index (κ1) is 20.5. The standard InChI is InChI=1S/C23H26N6O2/c1-31-17-8-6-15(7-9-17)13-19-28-21-18(24)14-16-5-4-11-26-20(16)22(21)29(19)12-3-2-10-27-23(25)30/h4-9,11,14H,2-3,10,12-13,24H2,1H3,(H3,25,27,30). The lowest BCUT2D eigenvalue weighted by molar-refractivity contribution is 0.248. The maximum absolute atomic E-state index is 10.9. The van der Waals surface area contributed by atoms with Crippen molar-refractivity contribution < 1.29 is 9.53 Å². The zero-order chi connectivity index (χ0) is 21.8. The van der Waals surface area contributed by atoms with E-state index in [1.807, 2.05) is 42.5 Å². The Hall–Kier alpha value is -3.81. The van der Waals surface area contributed by atoms with Gasteiger partial charge in [0.05, 0.1) is 23.8 Å². The van der Waals surface area contributed by atoms with Crippen molar-refractivity contribution in [3.05, 3.63) is 60.0 Å². The third-order valence-electron chi connectivity index (χ3n) is 5.32. The SMILES string of the molecule is COc1ccc(Cc2nc3c(N)cc4cccnc4c3n2CCCCNC(N)=O)cc1. The number of nitrogen functional groups attached to an aromatic ring is 1. The molecule has 0 saturated heterocycles. The number of hydrogen-bond acceptors (Lipinski definition) is 5. The normalized spacial score (nSPS) is 11.1. The molecule has 0 radical (unpaired) electrons. The monoisotopic (exact) mass is 418 g/mol. The van der Waals surface area contributed by atoms with Crippen molar-refractivity contribution in [2.75, 3.05) is 19.4 Å². The minimum Gasteiger partial charge on any atom is -0.497 e. The molecule has 4 rings (SSSR count). The van der Waals surface area contributed by atoms with Gasteiger partial charge in [-0.05, 0) is 42.7 Å². The molecule has 8 nitrogen and oxygen atoms in total. The lowest BCUT2D eigenvalue weighted by atomic mass is 10.1. The van der Waals surface area contributed by atoms with Crippen molar-refractivity contribution in [3.8, 4) is 5.75 Å². The number of carbonyl (C=O) groups excluding carboxylic acids is 1. The number of unbranched alkanes of at least 4 members (excludes halogenated alkanes) is 1. The summed E-state index contributed by atoms with van der Waals surface area (Å²) in [6.07, 6.45) is 4.10. The number of nitrogens with one attached hydrogen (secondary N) is 1. The number of methoxy groups -OCH3 is 1. The second-order valence-corrected chi connectivity index (χ2v) is 7.44. The number of nitrogens with two attached hydrogens (primary N) is 2. The number of carbonyl (C=O) groups is 1. The molecule has 0 unspecified atom stereocenters. The quantitative estimate of drug-likeness (QED) is 0.300. The number of anilines is 1. The molecular weight excluding hydrogens is 392 g/mol. The van der Waals surface area contributed by atoms with Gasteiger partial charge in [-0.15, -0.1) is 0 Å². The summed E-state index contributed by atoms with van der Waals surface area (Å²) in [5, 5.41) is 3.62. The minimum absolute atomic E-state index is 0.503. The molecule has 0 bridgehead atoms. The summed E-state index contributed by atoms with van der Waals surface area (Å²) < 4.78 is 7.47. The van der Waals surface area contributed by atoms with Crippen molar-refractivity contribution in [2.24, 2.45) is 5.73 Å². The number of primary amides is 1. The first-order valence-corrected chi connectivity index (χ1v) is 10.3. The van der Waals surface area contributed by atoms with Crippen LogP contribution in [0, 0.1) is 0 Å². The smallest absolute Gasteiger partial charge is 0.312 e. The Labute approximate surface area is 180 Å². The predicted octanol–water partition coefficient (Wildman–Crippen LogP) is 3.21. The number of ether oxygens (including phenoxy) is 1. The van der Waals surface area contributed by atoms with E-state index in [4.69, 9.17) is 21.2 Å². The van der Waals surface area contributed by atoms with Crippen molar-refractivity contribution in [2.45, 2.75) is 25.8 Å². The lowest BCUT2D eigenvalue weighted by Crippen LogP contribution is -2.30. The Morgan fingerprint density at radius 2 is 1.97 bits per heavy atom. The average Bonchev–Trinajstić information content (AvgIpc) is 3.13. The number of aryl methyl sites for hydroxylation is 1. The van der Waals surface area contributed by atoms with Gasteiger partial charge in [0.25, 0.3) is 0 Å². The van der Waals surface area contributed by atoms with Gasteiger partial charge in [0.2, 0.25) is 0 Å². The van der Waals surface area contributed by atoms with Crippen LogP contribution in [0.2, 0.25) is 0 Å². The van der Waals surface area contributed by atoms with Gasteiger partial charge in [0.1, 0.15) is 17.1 Å². The van der Waals surface area contributed by atoms with Crippen LogP contribution in [-0.4, -0.2) is 34.2 Å². The largest absolute Gasteiger partial charge is 0.497 e. The summed E-state index contributed by atoms with van der Waals surface area (Å²) in [6, 6.07) is 13.3. The van der Waals surface area contributed by atoms with E-state index in [1.165, 1.54) is 0 Å². The predicted molar refractivity (Wildman–Crippen MR) is 122 cm³/mol. The Morgan fingerprint density at radius 3 is 2.71 bits per heavy atom. The highest BCUT2D eigenvalue weighted by atomic mass is 16.5. The molecule has 0 aliphatic heterocycles. The number of fused-ring (bicyclic) bond motifs is 3. The minimum atomic E-state index is -0.503. The molecule has 2 aromatic heterocycles. The Morgan fingerprint density at radius 1 is 1.16 bits per heavy atom. The fourth-order valence-electron chi connectivity index (χ4n) is 3.82. The number of amides is 2. The third kappa shape index (κ3) is 4.37. The number of hydrogen-bond donors (Lipinski definition) is 3. The Kier molecular flexibility index (Phi) is 5.88. The Balaban J connectivity index is 1.73. The molecule has 2 heterocycles. The highest BCUT2D eigenvalue weighted by Gasteiger charge is 2.17. The summed E-state index contributed by atoms with van der Waals surface area (Å²) in [7, 11) is 1.66. The van der Waals surface area contributed by atoms with Crippen LogP contribution in [0.1, 0.15) is 24.2 Å². The molecule has 8 heteroatoms. The summed E-state index contributed by atoms with van der Waals surface area (Å²) in [5.74, 6) is 1.74. The number of aromatic nitrogens is 3. The maximum atomic E-state index is 10.9. The van der Waals surface area contributed by atoms with Gasteiger partial charge < -0.3 is 26.1 Å². The molecule has 5 N–H and O–H groups in total. The molecule has 0 aliphatic carbocycles. The Bertz CT molecular complexity index is 1220. The summed E-state index contributed by atoms with van der Waals surface area (Å²) in [6.45, 7) is 1.27. The van der Waals surface area contributed by atoms with E-state index < -0.39 is 6.03 Å². The highest BCUT2D eigenvalue weighted by Crippen LogP contribution is 2.31. The number of imidazole rings is 1. The van der Waals surface area contributed by atoms with Crippen LogP contribution in [0.3, 0.4) is 0 Å². The van der Waals surface area contributed by atoms with E-state index >= 15 is 0 Å². The molecule has 0 fully saturated rings. The van der Waals surface area contributed by atoms with Crippen molar-refractivity contribution >= 4 is 33.7 Å². The fraction of sp³-hybridized carbons (Fsp3) is 0.261. The van der Waals surface area contributed by atoms with Gasteiger partial charge in [-0.1, -0.05) is 18.2 Å².